The van der Waals surface area contributed by atoms with Crippen molar-refractivity contribution in [2.24, 2.45) is 0 Å². The van der Waals surface area contributed by atoms with E-state index >= 15 is 0 Å². The monoisotopic (exact) mass is 290 g/mol. The van der Waals surface area contributed by atoms with Crippen molar-refractivity contribution in [3.8, 4) is 11.8 Å². The average molecular weight is 290 g/mol. The smallest absolute Gasteiger partial charge is 0.253 e. The van der Waals surface area contributed by atoms with Gasteiger partial charge in [-0.25, -0.2) is 0 Å². The van der Waals surface area contributed by atoms with Gasteiger partial charge in [-0.1, -0.05) is 54.3 Å². The number of para-hydroxylation sites is 1. The lowest BCUT2D eigenvalue weighted by molar-refractivity contribution is 0.0958. The minimum absolute atomic E-state index is 0.0147. The maximum Gasteiger partial charge on any atom is 0.253 e. The third-order valence-corrected chi connectivity index (χ3v) is 3.65. The first-order valence-electron chi connectivity index (χ1n) is 7.48. The van der Waals surface area contributed by atoms with Gasteiger partial charge in [-0.2, -0.15) is 0 Å². The summed E-state index contributed by atoms with van der Waals surface area (Å²) >= 11 is 0. The standard InChI is InChI=1S/C19H18N2O/c22-19-17-12-6-11-16(18(17)20-13-14-21-19)10-5-4-9-15-7-2-1-3-8-15/h1-3,6-8,11-12,20H,9-10,13-14H2,(H,21,22). The number of anilines is 1. The van der Waals surface area contributed by atoms with Crippen molar-refractivity contribution < 1.29 is 4.79 Å². The molecule has 2 N–H and O–H groups in total. The molecule has 0 fully saturated rings. The van der Waals surface area contributed by atoms with E-state index in [0.29, 0.717) is 18.5 Å². The van der Waals surface area contributed by atoms with Crippen LogP contribution in [-0.4, -0.2) is 19.0 Å². The molecule has 2 aromatic carbocycles. The van der Waals surface area contributed by atoms with Crippen LogP contribution in [0.2, 0.25) is 0 Å². The minimum Gasteiger partial charge on any atom is -0.382 e. The summed E-state index contributed by atoms with van der Waals surface area (Å²) in [6.45, 7) is 1.39. The average Bonchev–Trinajstić information content (AvgIpc) is 2.75. The Kier molecular flexibility index (Phi) is 4.41. The molecule has 0 saturated carbocycles. The fourth-order valence-corrected chi connectivity index (χ4v) is 2.52. The van der Waals surface area contributed by atoms with Crippen LogP contribution in [0.4, 0.5) is 5.69 Å². The summed E-state index contributed by atoms with van der Waals surface area (Å²) < 4.78 is 0. The van der Waals surface area contributed by atoms with E-state index < -0.39 is 0 Å². The first kappa shape index (κ1) is 14.2. The lowest BCUT2D eigenvalue weighted by atomic mass is 10.0. The summed E-state index contributed by atoms with van der Waals surface area (Å²) in [5, 5.41) is 6.21. The molecule has 0 saturated heterocycles. The molecule has 0 aliphatic carbocycles. The lowest BCUT2D eigenvalue weighted by Gasteiger charge is -2.10. The predicted molar refractivity (Wildman–Crippen MR) is 88.9 cm³/mol. The zero-order chi connectivity index (χ0) is 15.2. The zero-order valence-electron chi connectivity index (χ0n) is 12.4. The Morgan fingerprint density at radius 3 is 2.50 bits per heavy atom. The second-order valence-corrected chi connectivity index (χ2v) is 5.22. The van der Waals surface area contributed by atoms with Gasteiger partial charge in [-0.05, 0) is 17.2 Å². The van der Waals surface area contributed by atoms with Gasteiger partial charge < -0.3 is 10.6 Å². The molecular weight excluding hydrogens is 272 g/mol. The fourth-order valence-electron chi connectivity index (χ4n) is 2.52. The van der Waals surface area contributed by atoms with Gasteiger partial charge in [0.25, 0.3) is 5.91 Å². The molecule has 22 heavy (non-hydrogen) atoms. The molecule has 1 amide bonds. The SMILES string of the molecule is O=C1NCCNc2c(CC#CCc3ccccc3)cccc21. The molecule has 1 aliphatic heterocycles. The Morgan fingerprint density at radius 2 is 1.64 bits per heavy atom. The van der Waals surface area contributed by atoms with Gasteiger partial charge in [0.05, 0.1) is 11.3 Å². The van der Waals surface area contributed by atoms with Crippen LogP contribution in [0.1, 0.15) is 21.5 Å². The van der Waals surface area contributed by atoms with E-state index in [4.69, 9.17) is 0 Å². The molecular formula is C19H18N2O. The van der Waals surface area contributed by atoms with Crippen molar-refractivity contribution in [2.45, 2.75) is 12.8 Å². The molecule has 0 bridgehead atoms. The topological polar surface area (TPSA) is 41.1 Å². The maximum atomic E-state index is 12.0. The van der Waals surface area contributed by atoms with Crippen LogP contribution in [-0.2, 0) is 12.8 Å². The highest BCUT2D eigenvalue weighted by Gasteiger charge is 2.16. The second kappa shape index (κ2) is 6.82. The number of hydrogen-bond acceptors (Lipinski definition) is 2. The molecule has 3 heteroatoms. The number of carbonyl (C=O) groups excluding carboxylic acids is 1. The van der Waals surface area contributed by atoms with Crippen molar-refractivity contribution in [1.82, 2.24) is 5.32 Å². The fraction of sp³-hybridized carbons (Fsp3) is 0.211. The molecule has 2 aromatic rings. The van der Waals surface area contributed by atoms with E-state index in [1.165, 1.54) is 5.56 Å². The maximum absolute atomic E-state index is 12.0. The normalized spacial score (nSPS) is 13.0. The summed E-state index contributed by atoms with van der Waals surface area (Å²) in [6, 6.07) is 16.0. The minimum atomic E-state index is -0.0147. The summed E-state index contributed by atoms with van der Waals surface area (Å²) in [4.78, 5) is 12.0. The van der Waals surface area contributed by atoms with Gasteiger partial charge in [0.2, 0.25) is 0 Å². The van der Waals surface area contributed by atoms with E-state index in [-0.39, 0.29) is 5.91 Å². The van der Waals surface area contributed by atoms with E-state index in [9.17, 15) is 4.79 Å². The summed E-state index contributed by atoms with van der Waals surface area (Å²) in [6.07, 6.45) is 1.40. The number of benzene rings is 2. The summed E-state index contributed by atoms with van der Waals surface area (Å²) in [5.41, 5.74) is 3.93. The van der Waals surface area contributed by atoms with Gasteiger partial charge >= 0.3 is 0 Å². The highest BCUT2D eigenvalue weighted by Crippen LogP contribution is 2.22. The van der Waals surface area contributed by atoms with Crippen molar-refractivity contribution in [1.29, 1.82) is 0 Å². The molecule has 110 valence electrons. The highest BCUT2D eigenvalue weighted by atomic mass is 16.1. The Labute approximate surface area is 130 Å². The van der Waals surface area contributed by atoms with Gasteiger partial charge in [0.15, 0.2) is 0 Å². The third kappa shape index (κ3) is 3.29. The highest BCUT2D eigenvalue weighted by molar-refractivity contribution is 6.00. The van der Waals surface area contributed by atoms with Crippen LogP contribution in [0.3, 0.4) is 0 Å². The van der Waals surface area contributed by atoms with Crippen molar-refractivity contribution >= 4 is 11.6 Å². The van der Waals surface area contributed by atoms with Crippen LogP contribution in [0.5, 0.6) is 0 Å². The molecule has 1 aliphatic rings. The number of rotatable bonds is 2. The molecule has 0 aromatic heterocycles. The molecule has 3 nitrogen and oxygen atoms in total. The molecule has 0 spiro atoms. The van der Waals surface area contributed by atoms with Crippen molar-refractivity contribution in [3.63, 3.8) is 0 Å². The Bertz CT molecular complexity index is 726. The quantitative estimate of drug-likeness (QED) is 0.835. The van der Waals surface area contributed by atoms with Crippen molar-refractivity contribution in [3.05, 3.63) is 65.2 Å². The predicted octanol–water partition coefficient (Wildman–Crippen LogP) is 2.63. The van der Waals surface area contributed by atoms with E-state index in [1.54, 1.807) is 0 Å². The van der Waals surface area contributed by atoms with Crippen molar-refractivity contribution in [2.75, 3.05) is 18.4 Å². The summed E-state index contributed by atoms with van der Waals surface area (Å²) in [7, 11) is 0. The molecule has 0 atom stereocenters. The van der Waals surface area contributed by atoms with E-state index in [1.807, 2.05) is 36.4 Å². The van der Waals surface area contributed by atoms with Crippen LogP contribution in [0, 0.1) is 11.8 Å². The molecule has 0 radical (unpaired) electrons. The van der Waals surface area contributed by atoms with Crippen LogP contribution in [0.25, 0.3) is 0 Å². The first-order valence-corrected chi connectivity index (χ1v) is 7.48. The number of fused-ring (bicyclic) bond motifs is 1. The van der Waals surface area contributed by atoms with Gasteiger partial charge in [0, 0.05) is 25.9 Å². The van der Waals surface area contributed by atoms with E-state index in [0.717, 1.165) is 24.2 Å². The Morgan fingerprint density at radius 1 is 0.864 bits per heavy atom. The second-order valence-electron chi connectivity index (χ2n) is 5.22. The molecule has 0 unspecified atom stereocenters. The molecule has 3 rings (SSSR count). The third-order valence-electron chi connectivity index (χ3n) is 3.65. The van der Waals surface area contributed by atoms with Gasteiger partial charge in [0.1, 0.15) is 0 Å². The van der Waals surface area contributed by atoms with Crippen LogP contribution in [0.15, 0.2) is 48.5 Å². The lowest BCUT2D eigenvalue weighted by Crippen LogP contribution is -2.24. The summed E-state index contributed by atoms with van der Waals surface area (Å²) in [5.74, 6) is 6.40. The van der Waals surface area contributed by atoms with Gasteiger partial charge in [-0.3, -0.25) is 4.79 Å². The van der Waals surface area contributed by atoms with Gasteiger partial charge in [-0.15, -0.1) is 0 Å². The number of nitrogens with one attached hydrogen (secondary N) is 2. The van der Waals surface area contributed by atoms with Crippen LogP contribution >= 0.6 is 0 Å². The van der Waals surface area contributed by atoms with Crippen LogP contribution < -0.4 is 10.6 Å². The number of amides is 1. The Hall–Kier alpha value is -2.73. The number of hydrogen-bond donors (Lipinski definition) is 2. The largest absolute Gasteiger partial charge is 0.382 e. The Balaban J connectivity index is 1.74. The molecule has 1 heterocycles. The first-order chi connectivity index (χ1) is 10.8. The number of carbonyl (C=O) groups is 1. The zero-order valence-corrected chi connectivity index (χ0v) is 12.4. The van der Waals surface area contributed by atoms with E-state index in [2.05, 4.69) is 34.6 Å².